The summed E-state index contributed by atoms with van der Waals surface area (Å²) in [5.41, 5.74) is 0.884. The minimum atomic E-state index is 0.139. The number of hydrogen-bond acceptors (Lipinski definition) is 2. The van der Waals surface area contributed by atoms with Gasteiger partial charge in [-0.2, -0.15) is 5.10 Å². The molecule has 4 nitrogen and oxygen atoms in total. The third kappa shape index (κ3) is 2.02. The molecule has 1 amide bonds. The van der Waals surface area contributed by atoms with Crippen LogP contribution in [0.25, 0.3) is 0 Å². The Morgan fingerprint density at radius 3 is 2.33 bits per heavy atom. The molecule has 0 aromatic carbocycles. The molecule has 0 spiro atoms. The van der Waals surface area contributed by atoms with Crippen LogP contribution in [0.2, 0.25) is 0 Å². The van der Waals surface area contributed by atoms with Crippen LogP contribution in [0.15, 0.2) is 12.4 Å². The molecule has 4 aliphatic carbocycles. The molecule has 1 heterocycles. The molecule has 0 saturated heterocycles. The van der Waals surface area contributed by atoms with Crippen LogP contribution in [-0.4, -0.2) is 33.2 Å². The first kappa shape index (κ1) is 13.4. The van der Waals surface area contributed by atoms with E-state index in [9.17, 15) is 4.79 Å². The van der Waals surface area contributed by atoms with Gasteiger partial charge in [0.2, 0.25) is 0 Å². The average molecular weight is 287 g/mol. The van der Waals surface area contributed by atoms with Crippen molar-refractivity contribution in [1.82, 2.24) is 14.7 Å². The first-order valence-corrected chi connectivity index (χ1v) is 8.40. The molecule has 4 heteroatoms. The molecule has 0 atom stereocenters. The lowest BCUT2D eigenvalue weighted by Crippen LogP contribution is -2.60. The van der Waals surface area contributed by atoms with E-state index < -0.39 is 0 Å². The highest BCUT2D eigenvalue weighted by molar-refractivity contribution is 5.94. The zero-order valence-corrected chi connectivity index (χ0v) is 13.1. The molecule has 4 saturated carbocycles. The van der Waals surface area contributed by atoms with Crippen molar-refractivity contribution in [2.75, 3.05) is 7.05 Å². The van der Waals surface area contributed by atoms with Gasteiger partial charge in [0.25, 0.3) is 5.91 Å². The number of carbonyl (C=O) groups excluding carboxylic acids is 1. The summed E-state index contributed by atoms with van der Waals surface area (Å²) in [7, 11) is 2.03. The molecule has 5 rings (SSSR count). The summed E-state index contributed by atoms with van der Waals surface area (Å²) >= 11 is 0. The minimum Gasteiger partial charge on any atom is -0.336 e. The Labute approximate surface area is 126 Å². The third-order valence-electron chi connectivity index (χ3n) is 6.23. The van der Waals surface area contributed by atoms with E-state index in [-0.39, 0.29) is 11.4 Å². The molecule has 21 heavy (non-hydrogen) atoms. The van der Waals surface area contributed by atoms with E-state index in [2.05, 4.69) is 10.00 Å². The molecule has 1 aromatic heterocycles. The monoisotopic (exact) mass is 287 g/mol. The Hall–Kier alpha value is -1.32. The topological polar surface area (TPSA) is 38.1 Å². The number of aryl methyl sites for hydroxylation is 1. The van der Waals surface area contributed by atoms with E-state index in [1.165, 1.54) is 38.5 Å². The molecule has 0 radical (unpaired) electrons. The predicted molar refractivity (Wildman–Crippen MR) is 80.9 cm³/mol. The fourth-order valence-electron chi connectivity index (χ4n) is 5.53. The molecule has 1 aromatic rings. The SMILES string of the molecule is CCn1cc(C(=O)N(C)C23CC4CC(CC(C4)C2)C3)cn1. The number of amides is 1. The smallest absolute Gasteiger partial charge is 0.257 e. The summed E-state index contributed by atoms with van der Waals surface area (Å²) in [6, 6.07) is 0. The maximum Gasteiger partial charge on any atom is 0.257 e. The van der Waals surface area contributed by atoms with Gasteiger partial charge >= 0.3 is 0 Å². The second-order valence-corrected chi connectivity index (χ2v) is 7.59. The summed E-state index contributed by atoms with van der Waals surface area (Å²) in [5, 5.41) is 4.25. The number of rotatable bonds is 3. The number of hydrogen-bond donors (Lipinski definition) is 0. The quantitative estimate of drug-likeness (QED) is 0.857. The number of carbonyl (C=O) groups is 1. The van der Waals surface area contributed by atoms with Crippen LogP contribution in [0.4, 0.5) is 0 Å². The lowest BCUT2D eigenvalue weighted by atomic mass is 9.52. The zero-order chi connectivity index (χ0) is 14.6. The standard InChI is InChI=1S/C17H25N3O/c1-3-20-11-15(10-18-20)16(21)19(2)17-7-12-4-13(8-17)6-14(5-12)9-17/h10-14H,3-9H2,1-2H3. The van der Waals surface area contributed by atoms with Gasteiger partial charge in [0.15, 0.2) is 0 Å². The molecule has 0 unspecified atom stereocenters. The van der Waals surface area contributed by atoms with Crippen LogP contribution < -0.4 is 0 Å². The summed E-state index contributed by atoms with van der Waals surface area (Å²) in [6.07, 6.45) is 11.5. The fourth-order valence-corrected chi connectivity index (χ4v) is 5.53. The van der Waals surface area contributed by atoms with Crippen LogP contribution in [0.1, 0.15) is 55.8 Å². The summed E-state index contributed by atoms with van der Waals surface area (Å²) in [6.45, 7) is 2.86. The molecule has 0 N–H and O–H groups in total. The molecule has 4 bridgehead atoms. The van der Waals surface area contributed by atoms with Crippen LogP contribution in [-0.2, 0) is 6.54 Å². The molecule has 4 aliphatic rings. The van der Waals surface area contributed by atoms with Crippen LogP contribution in [0, 0.1) is 17.8 Å². The summed E-state index contributed by atoms with van der Waals surface area (Å²) in [5.74, 6) is 2.76. The maximum atomic E-state index is 12.9. The fraction of sp³-hybridized carbons (Fsp3) is 0.765. The van der Waals surface area contributed by atoms with Crippen molar-refractivity contribution in [3.8, 4) is 0 Å². The first-order chi connectivity index (χ1) is 10.1. The van der Waals surface area contributed by atoms with Gasteiger partial charge in [-0.3, -0.25) is 9.48 Å². The molecule has 114 valence electrons. The van der Waals surface area contributed by atoms with Gasteiger partial charge in [0.1, 0.15) is 0 Å². The van der Waals surface area contributed by atoms with E-state index >= 15 is 0 Å². The Balaban J connectivity index is 1.59. The predicted octanol–water partition coefficient (Wildman–Crippen LogP) is 2.94. The van der Waals surface area contributed by atoms with Gasteiger partial charge in [0, 0.05) is 25.3 Å². The van der Waals surface area contributed by atoms with Crippen molar-refractivity contribution in [3.63, 3.8) is 0 Å². The third-order valence-corrected chi connectivity index (χ3v) is 6.23. The van der Waals surface area contributed by atoms with Crippen molar-refractivity contribution < 1.29 is 4.79 Å². The van der Waals surface area contributed by atoms with Gasteiger partial charge in [-0.1, -0.05) is 0 Å². The lowest BCUT2D eigenvalue weighted by Gasteiger charge is -2.59. The van der Waals surface area contributed by atoms with Crippen molar-refractivity contribution in [3.05, 3.63) is 18.0 Å². The second kappa shape index (κ2) is 4.59. The lowest BCUT2D eigenvalue weighted by molar-refractivity contribution is -0.0665. The minimum absolute atomic E-state index is 0.139. The van der Waals surface area contributed by atoms with Crippen molar-refractivity contribution in [2.24, 2.45) is 17.8 Å². The van der Waals surface area contributed by atoms with Crippen molar-refractivity contribution in [2.45, 2.75) is 57.5 Å². The van der Waals surface area contributed by atoms with Gasteiger partial charge in [-0.15, -0.1) is 0 Å². The maximum absolute atomic E-state index is 12.9. The normalized spacial score (nSPS) is 37.0. The average Bonchev–Trinajstić information content (AvgIpc) is 2.93. The molecular formula is C17H25N3O. The summed E-state index contributed by atoms with van der Waals surface area (Å²) in [4.78, 5) is 14.9. The van der Waals surface area contributed by atoms with Gasteiger partial charge in [-0.05, 0) is 63.2 Å². The van der Waals surface area contributed by atoms with Crippen molar-refractivity contribution in [1.29, 1.82) is 0 Å². The highest BCUT2D eigenvalue weighted by Gasteiger charge is 2.53. The highest BCUT2D eigenvalue weighted by Crippen LogP contribution is 2.57. The first-order valence-electron chi connectivity index (χ1n) is 8.40. The summed E-state index contributed by atoms with van der Waals surface area (Å²) < 4.78 is 1.83. The van der Waals surface area contributed by atoms with Crippen LogP contribution in [0.3, 0.4) is 0 Å². The highest BCUT2D eigenvalue weighted by atomic mass is 16.2. The van der Waals surface area contributed by atoms with Crippen LogP contribution in [0.5, 0.6) is 0 Å². The zero-order valence-electron chi connectivity index (χ0n) is 13.1. The second-order valence-electron chi connectivity index (χ2n) is 7.59. The van der Waals surface area contributed by atoms with E-state index in [4.69, 9.17) is 0 Å². The number of aromatic nitrogens is 2. The Morgan fingerprint density at radius 2 is 1.86 bits per heavy atom. The Morgan fingerprint density at radius 1 is 1.29 bits per heavy atom. The Kier molecular flexibility index (Phi) is 2.92. The molecule has 4 fully saturated rings. The largest absolute Gasteiger partial charge is 0.336 e. The molecule has 0 aliphatic heterocycles. The van der Waals surface area contributed by atoms with E-state index in [1.54, 1.807) is 6.20 Å². The van der Waals surface area contributed by atoms with Gasteiger partial charge < -0.3 is 4.90 Å². The van der Waals surface area contributed by atoms with E-state index in [1.807, 2.05) is 24.9 Å². The van der Waals surface area contributed by atoms with E-state index in [0.717, 1.165) is 29.9 Å². The number of nitrogens with zero attached hydrogens (tertiary/aromatic N) is 3. The Bertz CT molecular complexity index is 527. The van der Waals surface area contributed by atoms with Gasteiger partial charge in [-0.25, -0.2) is 0 Å². The van der Waals surface area contributed by atoms with Crippen LogP contribution >= 0.6 is 0 Å². The molecular weight excluding hydrogens is 262 g/mol. The van der Waals surface area contributed by atoms with Gasteiger partial charge in [0.05, 0.1) is 11.8 Å². The van der Waals surface area contributed by atoms with E-state index in [0.29, 0.717) is 0 Å². The van der Waals surface area contributed by atoms with Crippen molar-refractivity contribution >= 4 is 5.91 Å².